The molecule has 0 atom stereocenters. The molecule has 1 saturated carbocycles. The Morgan fingerprint density at radius 1 is 1.00 bits per heavy atom. The van der Waals surface area contributed by atoms with Crippen molar-refractivity contribution in [3.8, 4) is 11.3 Å². The molecule has 0 unspecified atom stereocenters. The molecule has 2 fully saturated rings. The lowest BCUT2D eigenvalue weighted by Crippen LogP contribution is -2.47. The first-order valence-corrected chi connectivity index (χ1v) is 9.10. The minimum Gasteiger partial charge on any atom is -0.353 e. The number of carbonyl (C=O) groups excluding carboxylic acids is 1. The zero-order chi connectivity index (χ0) is 17.2. The van der Waals surface area contributed by atoms with Crippen molar-refractivity contribution in [1.82, 2.24) is 15.1 Å². The third-order valence-electron chi connectivity index (χ3n) is 5.05. The molecule has 2 aliphatic rings. The Morgan fingerprint density at radius 3 is 2.28 bits per heavy atom. The Bertz CT molecular complexity index is 729. The van der Waals surface area contributed by atoms with E-state index in [9.17, 15) is 4.79 Å². The molecule has 1 aromatic heterocycles. The molecule has 1 aliphatic heterocycles. The highest BCUT2D eigenvalue weighted by molar-refractivity contribution is 5.78. The van der Waals surface area contributed by atoms with Gasteiger partial charge in [0.25, 0.3) is 0 Å². The smallest absolute Gasteiger partial charge is 0.151 e. The Hall–Kier alpha value is -2.27. The van der Waals surface area contributed by atoms with E-state index in [1.165, 1.54) is 12.8 Å². The predicted molar refractivity (Wildman–Crippen MR) is 98.7 cm³/mol. The maximum Gasteiger partial charge on any atom is 0.151 e. The lowest BCUT2D eigenvalue weighted by molar-refractivity contribution is -0.116. The number of hydrogen-bond donors (Lipinski definition) is 0. The van der Waals surface area contributed by atoms with Crippen LogP contribution >= 0.6 is 0 Å². The molecule has 25 heavy (non-hydrogen) atoms. The summed E-state index contributed by atoms with van der Waals surface area (Å²) >= 11 is 0. The van der Waals surface area contributed by atoms with Crippen molar-refractivity contribution in [2.45, 2.75) is 32.2 Å². The molecule has 2 aromatic rings. The summed E-state index contributed by atoms with van der Waals surface area (Å²) < 4.78 is 0. The van der Waals surface area contributed by atoms with E-state index >= 15 is 0 Å². The number of carbonyl (C=O) groups is 1. The Balaban J connectivity index is 1.40. The van der Waals surface area contributed by atoms with Gasteiger partial charge in [0.05, 0.1) is 5.69 Å². The highest BCUT2D eigenvalue weighted by atomic mass is 16.1. The van der Waals surface area contributed by atoms with Gasteiger partial charge in [-0.15, -0.1) is 10.2 Å². The third kappa shape index (κ3) is 3.87. The van der Waals surface area contributed by atoms with Crippen molar-refractivity contribution in [2.24, 2.45) is 0 Å². The second kappa shape index (κ2) is 6.92. The van der Waals surface area contributed by atoms with Crippen LogP contribution in [0.25, 0.3) is 11.3 Å². The van der Waals surface area contributed by atoms with E-state index < -0.39 is 0 Å². The topological polar surface area (TPSA) is 49.3 Å². The first kappa shape index (κ1) is 16.2. The average Bonchev–Trinajstić information content (AvgIpc) is 3.47. The van der Waals surface area contributed by atoms with Gasteiger partial charge >= 0.3 is 0 Å². The molecular weight excluding hydrogens is 312 g/mol. The van der Waals surface area contributed by atoms with Crippen LogP contribution in [0.15, 0.2) is 36.4 Å². The summed E-state index contributed by atoms with van der Waals surface area (Å²) in [6, 6.07) is 13.0. The molecule has 0 bridgehead atoms. The normalized spacial score (nSPS) is 18.4. The standard InChI is InChI=1S/C20H24N4O/c1-15(25)14-16-2-4-17(5-3-16)19-8-9-20(22-21-19)24-12-10-23(11-13-24)18-6-7-18/h2-5,8-9,18H,6-7,10-14H2,1H3. The number of benzene rings is 1. The van der Waals surface area contributed by atoms with E-state index in [0.717, 1.165) is 54.9 Å². The van der Waals surface area contributed by atoms with Crippen LogP contribution in [0.5, 0.6) is 0 Å². The van der Waals surface area contributed by atoms with Gasteiger partial charge in [-0.05, 0) is 37.5 Å². The third-order valence-corrected chi connectivity index (χ3v) is 5.05. The van der Waals surface area contributed by atoms with Gasteiger partial charge in [-0.1, -0.05) is 24.3 Å². The highest BCUT2D eigenvalue weighted by Crippen LogP contribution is 2.28. The number of rotatable bonds is 5. The van der Waals surface area contributed by atoms with Gasteiger partial charge in [-0.25, -0.2) is 0 Å². The predicted octanol–water partition coefficient (Wildman–Crippen LogP) is 2.56. The monoisotopic (exact) mass is 336 g/mol. The Labute approximate surface area is 148 Å². The second-order valence-electron chi connectivity index (χ2n) is 7.11. The van der Waals surface area contributed by atoms with Gasteiger partial charge < -0.3 is 4.90 Å². The minimum atomic E-state index is 0.179. The van der Waals surface area contributed by atoms with Crippen molar-refractivity contribution >= 4 is 11.6 Å². The largest absolute Gasteiger partial charge is 0.353 e. The summed E-state index contributed by atoms with van der Waals surface area (Å²) in [6.45, 7) is 5.94. The van der Waals surface area contributed by atoms with E-state index in [1.807, 2.05) is 30.3 Å². The van der Waals surface area contributed by atoms with Gasteiger partial charge in [0.2, 0.25) is 0 Å². The summed E-state index contributed by atoms with van der Waals surface area (Å²) in [5, 5.41) is 8.85. The number of Topliss-reactive ketones (excluding diaryl/α,β-unsaturated/α-hetero) is 1. The van der Waals surface area contributed by atoms with Gasteiger partial charge in [0.1, 0.15) is 5.78 Å². The minimum absolute atomic E-state index is 0.179. The fourth-order valence-corrected chi connectivity index (χ4v) is 3.48. The van der Waals surface area contributed by atoms with Crippen LogP contribution in [-0.4, -0.2) is 53.1 Å². The number of anilines is 1. The first-order valence-electron chi connectivity index (χ1n) is 9.10. The molecule has 0 amide bonds. The van der Waals surface area contributed by atoms with E-state index in [4.69, 9.17) is 0 Å². The molecule has 5 heteroatoms. The number of ketones is 1. The summed E-state index contributed by atoms with van der Waals surface area (Å²) in [4.78, 5) is 16.1. The van der Waals surface area contributed by atoms with E-state index in [2.05, 4.69) is 26.1 Å². The maximum atomic E-state index is 11.2. The lowest BCUT2D eigenvalue weighted by Gasteiger charge is -2.35. The van der Waals surface area contributed by atoms with Crippen LogP contribution in [0.4, 0.5) is 5.82 Å². The van der Waals surface area contributed by atoms with Crippen LogP contribution < -0.4 is 4.90 Å². The fraction of sp³-hybridized carbons (Fsp3) is 0.450. The number of hydrogen-bond acceptors (Lipinski definition) is 5. The molecule has 0 N–H and O–H groups in total. The Morgan fingerprint density at radius 2 is 1.72 bits per heavy atom. The van der Waals surface area contributed by atoms with Gasteiger partial charge in [-0.2, -0.15) is 0 Å². The summed E-state index contributed by atoms with van der Waals surface area (Å²) in [5.41, 5.74) is 2.94. The van der Waals surface area contributed by atoms with Crippen LogP contribution in [0, 0.1) is 0 Å². The van der Waals surface area contributed by atoms with Gasteiger partial charge in [0, 0.05) is 44.2 Å². The molecule has 1 aliphatic carbocycles. The summed E-state index contributed by atoms with van der Waals surface area (Å²) in [7, 11) is 0. The summed E-state index contributed by atoms with van der Waals surface area (Å²) in [6.07, 6.45) is 3.23. The second-order valence-corrected chi connectivity index (χ2v) is 7.11. The molecule has 1 saturated heterocycles. The lowest BCUT2D eigenvalue weighted by atomic mass is 10.1. The molecule has 130 valence electrons. The zero-order valence-corrected chi connectivity index (χ0v) is 14.7. The van der Waals surface area contributed by atoms with E-state index in [-0.39, 0.29) is 5.78 Å². The maximum absolute atomic E-state index is 11.2. The molecule has 0 radical (unpaired) electrons. The first-order chi connectivity index (χ1) is 12.2. The number of piperazine rings is 1. The fourth-order valence-electron chi connectivity index (χ4n) is 3.48. The Kier molecular flexibility index (Phi) is 4.49. The van der Waals surface area contributed by atoms with Crippen molar-refractivity contribution in [2.75, 3.05) is 31.1 Å². The quantitative estimate of drug-likeness (QED) is 0.840. The van der Waals surface area contributed by atoms with Crippen molar-refractivity contribution < 1.29 is 4.79 Å². The van der Waals surface area contributed by atoms with Crippen LogP contribution in [0.2, 0.25) is 0 Å². The van der Waals surface area contributed by atoms with Gasteiger partial charge in [0.15, 0.2) is 5.82 Å². The molecule has 1 aromatic carbocycles. The van der Waals surface area contributed by atoms with Crippen LogP contribution in [0.1, 0.15) is 25.3 Å². The highest BCUT2D eigenvalue weighted by Gasteiger charge is 2.31. The molecular formula is C20H24N4O. The van der Waals surface area contributed by atoms with E-state index in [1.54, 1.807) is 6.92 Å². The zero-order valence-electron chi connectivity index (χ0n) is 14.7. The van der Waals surface area contributed by atoms with Crippen LogP contribution in [-0.2, 0) is 11.2 Å². The summed E-state index contributed by atoms with van der Waals surface area (Å²) in [5.74, 6) is 1.14. The molecule has 4 rings (SSSR count). The van der Waals surface area contributed by atoms with Crippen molar-refractivity contribution in [1.29, 1.82) is 0 Å². The molecule has 0 spiro atoms. The van der Waals surface area contributed by atoms with Crippen LogP contribution in [0.3, 0.4) is 0 Å². The SMILES string of the molecule is CC(=O)Cc1ccc(-c2ccc(N3CCN(C4CC4)CC3)nn2)cc1. The molecule has 2 heterocycles. The molecule has 5 nitrogen and oxygen atoms in total. The van der Waals surface area contributed by atoms with Crippen molar-refractivity contribution in [3.05, 3.63) is 42.0 Å². The number of nitrogens with zero attached hydrogens (tertiary/aromatic N) is 4. The van der Waals surface area contributed by atoms with E-state index in [0.29, 0.717) is 6.42 Å². The number of aromatic nitrogens is 2. The van der Waals surface area contributed by atoms with Crippen molar-refractivity contribution in [3.63, 3.8) is 0 Å². The average molecular weight is 336 g/mol. The van der Waals surface area contributed by atoms with Gasteiger partial charge in [-0.3, -0.25) is 9.69 Å².